The largest absolute Gasteiger partial charge is 0.383 e. The van der Waals surface area contributed by atoms with E-state index in [1.54, 1.807) is 0 Å². The van der Waals surface area contributed by atoms with Gasteiger partial charge in [0.25, 0.3) is 5.56 Å². The summed E-state index contributed by atoms with van der Waals surface area (Å²) in [6, 6.07) is 0. The van der Waals surface area contributed by atoms with E-state index >= 15 is 0 Å². The molecule has 72 valence electrons. The molecule has 1 heterocycles. The zero-order chi connectivity index (χ0) is 10.2. The second-order valence-electron chi connectivity index (χ2n) is 3.86. The number of rotatable bonds is 0. The molecule has 0 saturated carbocycles. The fourth-order valence-electron chi connectivity index (χ4n) is 0.831. The molecule has 0 aliphatic rings. The molecule has 3 N–H and O–H groups in total. The first-order chi connectivity index (χ1) is 5.82. The van der Waals surface area contributed by atoms with Crippen LogP contribution in [-0.4, -0.2) is 9.97 Å². The molecule has 0 atom stereocenters. The molecule has 0 spiro atoms. The Morgan fingerprint density at radius 2 is 2.00 bits per heavy atom. The van der Waals surface area contributed by atoms with E-state index in [0.717, 1.165) is 0 Å². The monoisotopic (exact) mass is 245 g/mol. The number of aromatic amines is 1. The van der Waals surface area contributed by atoms with Crippen LogP contribution in [0.25, 0.3) is 0 Å². The van der Waals surface area contributed by atoms with Crippen molar-refractivity contribution in [3.05, 3.63) is 20.7 Å². The Bertz CT molecular complexity index is 378. The molecule has 0 saturated heterocycles. The van der Waals surface area contributed by atoms with Crippen molar-refractivity contribution in [1.29, 1.82) is 0 Å². The van der Waals surface area contributed by atoms with Crippen molar-refractivity contribution < 1.29 is 0 Å². The van der Waals surface area contributed by atoms with E-state index in [4.69, 9.17) is 5.73 Å². The Balaban J connectivity index is 3.38. The van der Waals surface area contributed by atoms with E-state index in [-0.39, 0.29) is 16.8 Å². The molecule has 1 aromatic rings. The quantitative estimate of drug-likeness (QED) is 0.727. The second-order valence-corrected chi connectivity index (χ2v) is 4.66. The van der Waals surface area contributed by atoms with Gasteiger partial charge < -0.3 is 10.7 Å². The topological polar surface area (TPSA) is 71.8 Å². The fourth-order valence-corrected chi connectivity index (χ4v) is 1.02. The molecule has 0 bridgehead atoms. The summed E-state index contributed by atoms with van der Waals surface area (Å²) in [6.45, 7) is 5.87. The van der Waals surface area contributed by atoms with Crippen molar-refractivity contribution in [1.82, 2.24) is 9.97 Å². The summed E-state index contributed by atoms with van der Waals surface area (Å²) in [5.74, 6) is 0.826. The van der Waals surface area contributed by atoms with Crippen LogP contribution in [0.2, 0.25) is 0 Å². The number of aromatic nitrogens is 2. The van der Waals surface area contributed by atoms with Gasteiger partial charge in [0.2, 0.25) is 0 Å². The van der Waals surface area contributed by atoms with Gasteiger partial charge >= 0.3 is 0 Å². The van der Waals surface area contributed by atoms with Gasteiger partial charge in [-0.2, -0.15) is 0 Å². The van der Waals surface area contributed by atoms with E-state index in [0.29, 0.717) is 10.3 Å². The molecule has 0 fully saturated rings. The predicted octanol–water partition coefficient (Wildman–Crippen LogP) is 1.41. The fraction of sp³-hybridized carbons (Fsp3) is 0.500. The Labute approximate surface area is 84.7 Å². The summed E-state index contributed by atoms with van der Waals surface area (Å²) >= 11 is 3.05. The highest BCUT2D eigenvalue weighted by Crippen LogP contribution is 2.19. The van der Waals surface area contributed by atoms with Gasteiger partial charge in [-0.3, -0.25) is 4.79 Å². The van der Waals surface area contributed by atoms with E-state index in [2.05, 4.69) is 25.9 Å². The van der Waals surface area contributed by atoms with E-state index < -0.39 is 0 Å². The number of hydrogen-bond acceptors (Lipinski definition) is 3. The van der Waals surface area contributed by atoms with Crippen molar-refractivity contribution in [2.24, 2.45) is 0 Å². The lowest BCUT2D eigenvalue weighted by Gasteiger charge is -2.17. The summed E-state index contributed by atoms with van der Waals surface area (Å²) in [5, 5.41) is 0. The third-order valence-electron chi connectivity index (χ3n) is 1.60. The smallest absolute Gasteiger partial charge is 0.267 e. The molecule has 0 aliphatic heterocycles. The van der Waals surface area contributed by atoms with Gasteiger partial charge in [0, 0.05) is 5.41 Å². The van der Waals surface area contributed by atoms with Gasteiger partial charge in [0.1, 0.15) is 16.1 Å². The minimum atomic E-state index is -0.238. The summed E-state index contributed by atoms with van der Waals surface area (Å²) < 4.78 is 0.292. The highest BCUT2D eigenvalue weighted by molar-refractivity contribution is 9.10. The number of halogens is 1. The molecule has 0 aliphatic carbocycles. The second kappa shape index (κ2) is 3.14. The molecule has 0 aromatic carbocycles. The van der Waals surface area contributed by atoms with Crippen molar-refractivity contribution in [3.63, 3.8) is 0 Å². The molecule has 0 radical (unpaired) electrons. The van der Waals surface area contributed by atoms with Crippen LogP contribution in [0.1, 0.15) is 26.6 Å². The van der Waals surface area contributed by atoms with Gasteiger partial charge in [0.15, 0.2) is 0 Å². The van der Waals surface area contributed by atoms with Crippen LogP contribution in [-0.2, 0) is 5.41 Å². The molecule has 4 nitrogen and oxygen atoms in total. The SMILES string of the molecule is CC(C)(C)c1nc(N)c(Br)c(=O)[nH]1. The standard InChI is InChI=1S/C8H12BrN3O/c1-8(2,3)7-11-5(10)4(9)6(13)12-7/h1-3H3,(H3,10,11,12,13). The molecule has 0 amide bonds. The Morgan fingerprint density at radius 1 is 1.46 bits per heavy atom. The minimum Gasteiger partial charge on any atom is -0.383 e. The average Bonchev–Trinajstić information content (AvgIpc) is 1.97. The predicted molar refractivity (Wildman–Crippen MR) is 55.7 cm³/mol. The number of anilines is 1. The Hall–Kier alpha value is -0.840. The van der Waals surface area contributed by atoms with Crippen molar-refractivity contribution in [2.45, 2.75) is 26.2 Å². The summed E-state index contributed by atoms with van der Waals surface area (Å²) in [4.78, 5) is 18.0. The summed E-state index contributed by atoms with van der Waals surface area (Å²) in [7, 11) is 0. The van der Waals surface area contributed by atoms with Crippen LogP contribution < -0.4 is 11.3 Å². The van der Waals surface area contributed by atoms with Crippen LogP contribution in [0.15, 0.2) is 9.27 Å². The highest BCUT2D eigenvalue weighted by Gasteiger charge is 2.18. The normalized spacial score (nSPS) is 11.7. The minimum absolute atomic E-state index is 0.200. The van der Waals surface area contributed by atoms with Gasteiger partial charge in [-0.15, -0.1) is 0 Å². The van der Waals surface area contributed by atoms with Crippen LogP contribution >= 0.6 is 15.9 Å². The van der Waals surface area contributed by atoms with Crippen LogP contribution in [0.4, 0.5) is 5.82 Å². The molecule has 5 heteroatoms. The third-order valence-corrected chi connectivity index (χ3v) is 2.37. The van der Waals surface area contributed by atoms with Crippen molar-refractivity contribution in [2.75, 3.05) is 5.73 Å². The lowest BCUT2D eigenvalue weighted by molar-refractivity contribution is 0.543. The van der Waals surface area contributed by atoms with Crippen molar-refractivity contribution in [3.8, 4) is 0 Å². The zero-order valence-corrected chi connectivity index (χ0v) is 9.40. The van der Waals surface area contributed by atoms with E-state index in [9.17, 15) is 4.79 Å². The molecular formula is C8H12BrN3O. The molecule has 13 heavy (non-hydrogen) atoms. The maximum absolute atomic E-state index is 11.3. The number of nitrogens with one attached hydrogen (secondary N) is 1. The maximum Gasteiger partial charge on any atom is 0.267 e. The zero-order valence-electron chi connectivity index (χ0n) is 7.81. The number of nitrogens with zero attached hydrogens (tertiary/aromatic N) is 1. The first-order valence-electron chi connectivity index (χ1n) is 3.88. The lowest BCUT2D eigenvalue weighted by atomic mass is 9.96. The van der Waals surface area contributed by atoms with Gasteiger partial charge in [-0.25, -0.2) is 4.98 Å². The third kappa shape index (κ3) is 2.09. The molecule has 1 aromatic heterocycles. The summed E-state index contributed by atoms with van der Waals surface area (Å²) in [5.41, 5.74) is 5.10. The molecule has 1 rings (SSSR count). The Morgan fingerprint density at radius 3 is 2.38 bits per heavy atom. The number of nitrogens with two attached hydrogens (primary N) is 1. The van der Waals surface area contributed by atoms with Crippen LogP contribution in [0, 0.1) is 0 Å². The lowest BCUT2D eigenvalue weighted by Crippen LogP contribution is -2.23. The van der Waals surface area contributed by atoms with Crippen LogP contribution in [0.5, 0.6) is 0 Å². The first kappa shape index (κ1) is 10.2. The Kier molecular flexibility index (Phi) is 2.47. The van der Waals surface area contributed by atoms with Crippen molar-refractivity contribution >= 4 is 21.7 Å². The average molecular weight is 246 g/mol. The number of hydrogen-bond donors (Lipinski definition) is 2. The summed E-state index contributed by atoms with van der Waals surface area (Å²) in [6.07, 6.45) is 0. The molecular weight excluding hydrogens is 234 g/mol. The van der Waals surface area contributed by atoms with Gasteiger partial charge in [-0.1, -0.05) is 20.8 Å². The van der Waals surface area contributed by atoms with E-state index in [1.807, 2.05) is 20.8 Å². The van der Waals surface area contributed by atoms with Crippen LogP contribution in [0.3, 0.4) is 0 Å². The highest BCUT2D eigenvalue weighted by atomic mass is 79.9. The maximum atomic E-state index is 11.3. The molecule has 0 unspecified atom stereocenters. The van der Waals surface area contributed by atoms with Gasteiger partial charge in [0.05, 0.1) is 0 Å². The van der Waals surface area contributed by atoms with E-state index in [1.165, 1.54) is 0 Å². The first-order valence-corrected chi connectivity index (χ1v) is 4.67. The van der Waals surface area contributed by atoms with Gasteiger partial charge in [-0.05, 0) is 15.9 Å². The number of H-pyrrole nitrogens is 1. The number of nitrogen functional groups attached to an aromatic ring is 1.